The second-order valence-electron chi connectivity index (χ2n) is 14.5. The molecule has 0 spiro atoms. The number of ether oxygens (including phenoxy) is 6. The number of carbonyl (C=O) groups excluding carboxylic acids is 1. The first-order valence-corrected chi connectivity index (χ1v) is 19.6. The maximum Gasteiger partial charge on any atom is 0.237 e. The van der Waals surface area contributed by atoms with E-state index in [-0.39, 0.29) is 35.9 Å². The van der Waals surface area contributed by atoms with Crippen molar-refractivity contribution >= 4 is 14.1 Å². The van der Waals surface area contributed by atoms with Crippen LogP contribution >= 0.6 is 0 Å². The van der Waals surface area contributed by atoms with E-state index in [2.05, 4.69) is 33.9 Å². The topological polar surface area (TPSA) is 81.7 Å². The van der Waals surface area contributed by atoms with Gasteiger partial charge in [-0.2, -0.15) is 0 Å². The molecule has 47 heavy (non-hydrogen) atoms. The Kier molecular flexibility index (Phi) is 14.4. The van der Waals surface area contributed by atoms with E-state index >= 15 is 0 Å². The molecule has 4 atom stereocenters. The van der Waals surface area contributed by atoms with Crippen LogP contribution in [0.2, 0.25) is 18.1 Å². The molecule has 1 saturated heterocycles. The van der Waals surface area contributed by atoms with E-state index in [4.69, 9.17) is 32.8 Å². The van der Waals surface area contributed by atoms with E-state index in [9.17, 15) is 4.79 Å². The lowest BCUT2D eigenvalue weighted by Crippen LogP contribution is -2.59. The molecule has 1 aliphatic rings. The molecule has 0 aromatic heterocycles. The summed E-state index contributed by atoms with van der Waals surface area (Å²) in [5.41, 5.74) is 1.34. The number of Topliss-reactive ketones (excluding diaryl/α,β-unsaturated/α-hetero) is 1. The predicted octanol–water partition coefficient (Wildman–Crippen LogP) is 8.24. The first-order valence-electron chi connectivity index (χ1n) is 16.7. The van der Waals surface area contributed by atoms with E-state index in [1.807, 2.05) is 87.5 Å². The summed E-state index contributed by atoms with van der Waals surface area (Å²) in [4.78, 5) is 13.5. The molecule has 0 unspecified atom stereocenters. The third-order valence-corrected chi connectivity index (χ3v) is 14.1. The summed E-state index contributed by atoms with van der Waals surface area (Å²) in [6, 6.07) is 17.8. The SMILES string of the molecule is COc1ccc(CO[C@H](C[C@@H]2CCC(=O)[C@](OC)(C(C)(C)/C=C/CO[Si](C)(C)C(C)(C)C)O2)[C@@H](C)OCOCc2ccccc2)cc1. The largest absolute Gasteiger partial charge is 0.497 e. The van der Waals surface area contributed by atoms with Crippen LogP contribution in [0.4, 0.5) is 0 Å². The summed E-state index contributed by atoms with van der Waals surface area (Å²) in [6.45, 7) is 18.5. The van der Waals surface area contributed by atoms with Gasteiger partial charge in [0, 0.05) is 25.4 Å². The first kappa shape index (κ1) is 39.1. The molecule has 0 saturated carbocycles. The van der Waals surface area contributed by atoms with Crippen LogP contribution in [0.3, 0.4) is 0 Å². The minimum atomic E-state index is -1.91. The fourth-order valence-corrected chi connectivity index (χ4v) is 6.37. The van der Waals surface area contributed by atoms with Crippen LogP contribution in [0.1, 0.15) is 71.9 Å². The smallest absolute Gasteiger partial charge is 0.237 e. The number of methoxy groups -OCH3 is 2. The highest BCUT2D eigenvalue weighted by atomic mass is 28.4. The van der Waals surface area contributed by atoms with E-state index in [1.54, 1.807) is 14.2 Å². The average Bonchev–Trinajstić information content (AvgIpc) is 3.04. The molecule has 0 N–H and O–H groups in total. The van der Waals surface area contributed by atoms with E-state index in [0.717, 1.165) is 16.9 Å². The van der Waals surface area contributed by atoms with Crippen molar-refractivity contribution < 1.29 is 37.6 Å². The summed E-state index contributed by atoms with van der Waals surface area (Å²) in [6.07, 6.45) is 4.49. The Bertz CT molecular complexity index is 1250. The number of rotatable bonds is 18. The normalized spacial score (nSPS) is 20.8. The molecular weight excluding hydrogens is 612 g/mol. The van der Waals surface area contributed by atoms with Gasteiger partial charge < -0.3 is 32.8 Å². The van der Waals surface area contributed by atoms with Crippen molar-refractivity contribution in [2.45, 2.75) is 116 Å². The lowest BCUT2D eigenvalue weighted by molar-refractivity contribution is -0.286. The number of carbonyl (C=O) groups is 1. The second-order valence-corrected chi connectivity index (χ2v) is 19.3. The predicted molar refractivity (Wildman–Crippen MR) is 188 cm³/mol. The number of hydrogen-bond donors (Lipinski definition) is 0. The molecule has 2 aromatic rings. The zero-order valence-corrected chi connectivity index (χ0v) is 31.3. The molecule has 0 amide bonds. The van der Waals surface area contributed by atoms with Crippen molar-refractivity contribution in [3.8, 4) is 5.75 Å². The molecule has 2 aromatic carbocycles. The van der Waals surface area contributed by atoms with Crippen molar-refractivity contribution in [1.29, 1.82) is 0 Å². The fraction of sp³-hybridized carbons (Fsp3) is 0.605. The number of hydrogen-bond acceptors (Lipinski definition) is 8. The highest BCUT2D eigenvalue weighted by Crippen LogP contribution is 2.43. The van der Waals surface area contributed by atoms with Crippen LogP contribution in [0, 0.1) is 5.41 Å². The summed E-state index contributed by atoms with van der Waals surface area (Å²) in [5, 5.41) is 0.112. The Morgan fingerprint density at radius 2 is 1.62 bits per heavy atom. The lowest BCUT2D eigenvalue weighted by atomic mass is 9.77. The Morgan fingerprint density at radius 3 is 2.23 bits per heavy atom. The van der Waals surface area contributed by atoms with Crippen molar-refractivity contribution in [3.05, 3.63) is 77.9 Å². The first-order chi connectivity index (χ1) is 22.1. The van der Waals surface area contributed by atoms with Gasteiger partial charge in [-0.1, -0.05) is 89.2 Å². The Labute approximate surface area is 284 Å². The van der Waals surface area contributed by atoms with Gasteiger partial charge in [-0.15, -0.1) is 0 Å². The van der Waals surface area contributed by atoms with Crippen molar-refractivity contribution in [1.82, 2.24) is 0 Å². The quantitative estimate of drug-likeness (QED) is 0.0679. The highest BCUT2D eigenvalue weighted by molar-refractivity contribution is 6.74. The van der Waals surface area contributed by atoms with Gasteiger partial charge in [0.05, 0.1) is 45.2 Å². The molecule has 8 nitrogen and oxygen atoms in total. The zero-order valence-electron chi connectivity index (χ0n) is 30.3. The van der Waals surface area contributed by atoms with Crippen LogP contribution < -0.4 is 4.74 Å². The zero-order chi connectivity index (χ0) is 34.7. The van der Waals surface area contributed by atoms with Crippen molar-refractivity contribution in [3.63, 3.8) is 0 Å². The van der Waals surface area contributed by atoms with Crippen molar-refractivity contribution in [2.75, 3.05) is 27.6 Å². The molecule has 0 bridgehead atoms. The maximum absolute atomic E-state index is 13.5. The van der Waals surface area contributed by atoms with Crippen molar-refractivity contribution in [2.24, 2.45) is 5.41 Å². The standard InChI is InChI=1S/C38H58O8Si/c1-29(44-28-42-26-30-15-12-11-13-16-30)34(43-27-31-17-19-32(40-7)20-18-31)25-33-21-22-35(39)38(41-8,46-33)37(5,6)23-14-24-45-47(9,10)36(2,3)4/h11-20,23,29,33-34H,21-22,24-28H2,1-10H3/b23-14+/t29-,33+,34-,38-/m1/s1. The van der Waals surface area contributed by atoms with Crippen LogP contribution in [0.5, 0.6) is 5.75 Å². The number of ketones is 1. The minimum Gasteiger partial charge on any atom is -0.497 e. The van der Waals surface area contributed by atoms with E-state index in [1.165, 1.54) is 0 Å². The summed E-state index contributed by atoms with van der Waals surface area (Å²) in [5.74, 6) is -0.713. The highest BCUT2D eigenvalue weighted by Gasteiger charge is 2.55. The summed E-state index contributed by atoms with van der Waals surface area (Å²) in [7, 11) is 1.29. The van der Waals surface area contributed by atoms with Gasteiger partial charge in [0.2, 0.25) is 5.79 Å². The third-order valence-electron chi connectivity index (χ3n) is 9.58. The molecule has 3 rings (SSSR count). The number of benzene rings is 2. The Morgan fingerprint density at radius 1 is 0.957 bits per heavy atom. The molecule has 9 heteroatoms. The van der Waals surface area contributed by atoms with E-state index in [0.29, 0.717) is 39.1 Å². The van der Waals surface area contributed by atoms with Gasteiger partial charge in [0.25, 0.3) is 0 Å². The van der Waals surface area contributed by atoms with Gasteiger partial charge in [-0.3, -0.25) is 4.79 Å². The molecule has 0 radical (unpaired) electrons. The molecule has 1 heterocycles. The van der Waals surface area contributed by atoms with Crippen LogP contribution in [0.25, 0.3) is 0 Å². The van der Waals surface area contributed by atoms with E-state index < -0.39 is 19.5 Å². The van der Waals surface area contributed by atoms with Gasteiger partial charge in [-0.25, -0.2) is 0 Å². The Balaban J connectivity index is 1.71. The van der Waals surface area contributed by atoms with Crippen LogP contribution in [-0.4, -0.2) is 65.8 Å². The summed E-state index contributed by atoms with van der Waals surface area (Å²) >= 11 is 0. The Hall–Kier alpha value is -2.37. The van der Waals surface area contributed by atoms with Gasteiger partial charge in [-0.05, 0) is 54.7 Å². The molecule has 0 aliphatic carbocycles. The van der Waals surface area contributed by atoms with Gasteiger partial charge in [0.15, 0.2) is 14.1 Å². The second kappa shape index (κ2) is 17.3. The monoisotopic (exact) mass is 670 g/mol. The molecule has 1 aliphatic heterocycles. The molecular formula is C38H58O8Si. The summed E-state index contributed by atoms with van der Waals surface area (Å²) < 4.78 is 42.7. The van der Waals surface area contributed by atoms with Gasteiger partial charge >= 0.3 is 0 Å². The maximum atomic E-state index is 13.5. The molecule has 1 fully saturated rings. The van der Waals surface area contributed by atoms with Crippen LogP contribution in [-0.2, 0) is 46.1 Å². The third kappa shape index (κ3) is 10.8. The van der Waals surface area contributed by atoms with Gasteiger partial charge in [0.1, 0.15) is 12.5 Å². The fourth-order valence-electron chi connectivity index (χ4n) is 5.42. The minimum absolute atomic E-state index is 0.0643. The lowest BCUT2D eigenvalue weighted by Gasteiger charge is -2.47. The average molecular weight is 671 g/mol. The molecule has 262 valence electrons. The van der Waals surface area contributed by atoms with Crippen LogP contribution in [0.15, 0.2) is 66.7 Å².